The van der Waals surface area contributed by atoms with Crippen LogP contribution in [0.5, 0.6) is 0 Å². The van der Waals surface area contributed by atoms with E-state index in [-0.39, 0.29) is 12.0 Å². The van der Waals surface area contributed by atoms with Crippen molar-refractivity contribution in [3.05, 3.63) is 29.8 Å². The largest absolute Gasteiger partial charge is 0.464 e. The first kappa shape index (κ1) is 15.5. The number of rotatable bonds is 7. The van der Waals surface area contributed by atoms with Crippen LogP contribution in [-0.2, 0) is 9.53 Å². The molecule has 0 heterocycles. The van der Waals surface area contributed by atoms with Gasteiger partial charge in [-0.2, -0.15) is 0 Å². The molecule has 0 amide bonds. The van der Waals surface area contributed by atoms with Crippen molar-refractivity contribution in [2.24, 2.45) is 5.92 Å². The molecule has 0 aliphatic rings. The third-order valence-electron chi connectivity index (χ3n) is 3.00. The highest BCUT2D eigenvalue weighted by atomic mass is 16.5. The molecule has 0 radical (unpaired) electrons. The molecule has 106 valence electrons. The van der Waals surface area contributed by atoms with Gasteiger partial charge < -0.3 is 10.1 Å². The van der Waals surface area contributed by atoms with Gasteiger partial charge in [0.2, 0.25) is 0 Å². The van der Waals surface area contributed by atoms with Crippen LogP contribution in [0.4, 0.5) is 5.69 Å². The van der Waals surface area contributed by atoms with E-state index in [4.69, 9.17) is 4.74 Å². The number of hydrogen-bond acceptors (Lipinski definition) is 3. The van der Waals surface area contributed by atoms with E-state index in [1.165, 1.54) is 5.56 Å². The van der Waals surface area contributed by atoms with Gasteiger partial charge in [-0.1, -0.05) is 31.5 Å². The second-order valence-electron chi connectivity index (χ2n) is 5.29. The molecule has 0 saturated carbocycles. The quantitative estimate of drug-likeness (QED) is 0.761. The molecule has 1 atom stereocenters. The van der Waals surface area contributed by atoms with Gasteiger partial charge in [0.05, 0.1) is 6.61 Å². The zero-order valence-electron chi connectivity index (χ0n) is 12.4. The van der Waals surface area contributed by atoms with Gasteiger partial charge in [0.25, 0.3) is 0 Å². The Bertz CT molecular complexity index is 384. The molecular weight excluding hydrogens is 238 g/mol. The second-order valence-corrected chi connectivity index (χ2v) is 5.29. The van der Waals surface area contributed by atoms with Crippen molar-refractivity contribution in [1.82, 2.24) is 0 Å². The Morgan fingerprint density at radius 1 is 1.21 bits per heavy atom. The highest BCUT2D eigenvalue weighted by Crippen LogP contribution is 2.15. The molecule has 1 aromatic carbocycles. The number of ether oxygens (including phenoxy) is 1. The van der Waals surface area contributed by atoms with Crippen molar-refractivity contribution < 1.29 is 9.53 Å². The molecule has 0 aliphatic heterocycles. The first-order valence-corrected chi connectivity index (χ1v) is 7.02. The van der Waals surface area contributed by atoms with Crippen LogP contribution >= 0.6 is 0 Å². The Labute approximate surface area is 116 Å². The minimum Gasteiger partial charge on any atom is -0.464 e. The summed E-state index contributed by atoms with van der Waals surface area (Å²) in [5.74, 6) is 0.417. The number of benzene rings is 1. The Hall–Kier alpha value is -1.51. The SMILES string of the molecule is CCOC(=O)C(CCC(C)C)Nc1ccc(C)cc1. The molecule has 0 aliphatic carbocycles. The van der Waals surface area contributed by atoms with Crippen LogP contribution in [0, 0.1) is 12.8 Å². The lowest BCUT2D eigenvalue weighted by Crippen LogP contribution is -2.31. The number of aryl methyl sites for hydroxylation is 1. The van der Waals surface area contributed by atoms with Gasteiger partial charge in [-0.05, 0) is 44.7 Å². The summed E-state index contributed by atoms with van der Waals surface area (Å²) in [5, 5.41) is 3.27. The van der Waals surface area contributed by atoms with Crippen molar-refractivity contribution in [2.75, 3.05) is 11.9 Å². The van der Waals surface area contributed by atoms with Crippen molar-refractivity contribution >= 4 is 11.7 Å². The van der Waals surface area contributed by atoms with E-state index in [2.05, 4.69) is 19.2 Å². The van der Waals surface area contributed by atoms with Gasteiger partial charge in [-0.3, -0.25) is 0 Å². The first-order chi connectivity index (χ1) is 9.02. The van der Waals surface area contributed by atoms with Gasteiger partial charge in [-0.25, -0.2) is 4.79 Å². The van der Waals surface area contributed by atoms with Crippen LogP contribution in [0.3, 0.4) is 0 Å². The number of carbonyl (C=O) groups excluding carboxylic acids is 1. The van der Waals surface area contributed by atoms with Crippen LogP contribution in [-0.4, -0.2) is 18.6 Å². The highest BCUT2D eigenvalue weighted by molar-refractivity contribution is 5.79. The molecule has 1 N–H and O–H groups in total. The van der Waals surface area contributed by atoms with Gasteiger partial charge in [-0.15, -0.1) is 0 Å². The fraction of sp³-hybridized carbons (Fsp3) is 0.562. The van der Waals surface area contributed by atoms with Crippen LogP contribution in [0.1, 0.15) is 39.2 Å². The predicted molar refractivity (Wildman–Crippen MR) is 79.3 cm³/mol. The summed E-state index contributed by atoms with van der Waals surface area (Å²) in [7, 11) is 0. The molecule has 0 bridgehead atoms. The van der Waals surface area contributed by atoms with E-state index in [0.717, 1.165) is 18.5 Å². The number of hydrogen-bond donors (Lipinski definition) is 1. The fourth-order valence-electron chi connectivity index (χ4n) is 1.84. The monoisotopic (exact) mass is 263 g/mol. The summed E-state index contributed by atoms with van der Waals surface area (Å²) in [4.78, 5) is 11.9. The molecule has 1 unspecified atom stereocenters. The summed E-state index contributed by atoms with van der Waals surface area (Å²) >= 11 is 0. The normalized spacial score (nSPS) is 12.3. The molecular formula is C16H25NO2. The maximum atomic E-state index is 11.9. The lowest BCUT2D eigenvalue weighted by atomic mass is 10.0. The molecule has 0 aromatic heterocycles. The molecule has 3 nitrogen and oxygen atoms in total. The van der Waals surface area contributed by atoms with Crippen molar-refractivity contribution in [1.29, 1.82) is 0 Å². The van der Waals surface area contributed by atoms with Crippen LogP contribution in [0.2, 0.25) is 0 Å². The Morgan fingerprint density at radius 2 is 1.84 bits per heavy atom. The first-order valence-electron chi connectivity index (χ1n) is 7.02. The average Bonchev–Trinajstić information content (AvgIpc) is 2.36. The average molecular weight is 263 g/mol. The number of esters is 1. The number of anilines is 1. The molecule has 19 heavy (non-hydrogen) atoms. The van der Waals surface area contributed by atoms with Crippen LogP contribution in [0.15, 0.2) is 24.3 Å². The van der Waals surface area contributed by atoms with Crippen LogP contribution < -0.4 is 5.32 Å². The molecule has 0 fully saturated rings. The summed E-state index contributed by atoms with van der Waals surface area (Å²) < 4.78 is 5.13. The number of nitrogens with one attached hydrogen (secondary N) is 1. The minimum absolute atomic E-state index is 0.163. The zero-order valence-corrected chi connectivity index (χ0v) is 12.4. The zero-order chi connectivity index (χ0) is 14.3. The maximum Gasteiger partial charge on any atom is 0.328 e. The molecule has 3 heteroatoms. The van der Waals surface area contributed by atoms with E-state index in [1.807, 2.05) is 38.1 Å². The third-order valence-corrected chi connectivity index (χ3v) is 3.00. The summed E-state index contributed by atoms with van der Waals surface area (Å²) in [5.41, 5.74) is 2.17. The highest BCUT2D eigenvalue weighted by Gasteiger charge is 2.19. The fourth-order valence-corrected chi connectivity index (χ4v) is 1.84. The van der Waals surface area contributed by atoms with Crippen molar-refractivity contribution in [3.63, 3.8) is 0 Å². The third kappa shape index (κ3) is 5.77. The van der Waals surface area contributed by atoms with Gasteiger partial charge >= 0.3 is 5.97 Å². The summed E-state index contributed by atoms with van der Waals surface area (Å²) in [6.45, 7) is 8.63. The Morgan fingerprint density at radius 3 is 2.37 bits per heavy atom. The second kappa shape index (κ2) is 7.82. The van der Waals surface area contributed by atoms with Gasteiger partial charge in [0.1, 0.15) is 6.04 Å². The van der Waals surface area contributed by atoms with E-state index in [0.29, 0.717) is 12.5 Å². The lowest BCUT2D eigenvalue weighted by Gasteiger charge is -2.19. The van der Waals surface area contributed by atoms with Gasteiger partial charge in [0.15, 0.2) is 0 Å². The summed E-state index contributed by atoms with van der Waals surface area (Å²) in [6.07, 6.45) is 1.80. The van der Waals surface area contributed by atoms with Crippen molar-refractivity contribution in [2.45, 2.75) is 46.6 Å². The van der Waals surface area contributed by atoms with Crippen LogP contribution in [0.25, 0.3) is 0 Å². The Kier molecular flexibility index (Phi) is 6.40. The number of carbonyl (C=O) groups is 1. The minimum atomic E-state index is -0.259. The molecule has 0 spiro atoms. The standard InChI is InChI=1S/C16H25NO2/c1-5-19-16(18)15(11-6-12(2)3)17-14-9-7-13(4)8-10-14/h7-10,12,15,17H,5-6,11H2,1-4H3. The van der Waals surface area contributed by atoms with E-state index < -0.39 is 0 Å². The molecule has 0 saturated heterocycles. The maximum absolute atomic E-state index is 11.9. The smallest absolute Gasteiger partial charge is 0.328 e. The topological polar surface area (TPSA) is 38.3 Å². The lowest BCUT2D eigenvalue weighted by molar-refractivity contribution is -0.144. The molecule has 1 rings (SSSR count). The Balaban J connectivity index is 2.66. The summed E-state index contributed by atoms with van der Waals surface area (Å²) in [6, 6.07) is 7.80. The van der Waals surface area contributed by atoms with Crippen molar-refractivity contribution in [3.8, 4) is 0 Å². The van der Waals surface area contributed by atoms with E-state index in [1.54, 1.807) is 0 Å². The van der Waals surface area contributed by atoms with E-state index >= 15 is 0 Å². The van der Waals surface area contributed by atoms with E-state index in [9.17, 15) is 4.79 Å². The molecule has 1 aromatic rings. The predicted octanol–water partition coefficient (Wildman–Crippen LogP) is 3.77. The van der Waals surface area contributed by atoms with Gasteiger partial charge in [0, 0.05) is 5.69 Å².